The molecule has 0 saturated carbocycles. The first-order valence-corrected chi connectivity index (χ1v) is 8.45. The summed E-state index contributed by atoms with van der Waals surface area (Å²) in [4.78, 5) is 15.1. The number of aromatic amines is 1. The molecule has 0 unspecified atom stereocenters. The molecule has 1 aromatic heterocycles. The lowest BCUT2D eigenvalue weighted by Gasteiger charge is -2.07. The fraction of sp³-hybridized carbons (Fsp3) is 0.133. The van der Waals surface area contributed by atoms with E-state index in [9.17, 15) is 13.2 Å². The van der Waals surface area contributed by atoms with E-state index >= 15 is 0 Å². The first kappa shape index (κ1) is 14.4. The third-order valence-electron chi connectivity index (χ3n) is 3.38. The van der Waals surface area contributed by atoms with Gasteiger partial charge < -0.3 is 10.3 Å². The maximum atomic E-state index is 12.1. The van der Waals surface area contributed by atoms with Gasteiger partial charge in [-0.15, -0.1) is 0 Å². The Hall–Kier alpha value is -2.54. The normalized spacial score (nSPS) is 15.7. The van der Waals surface area contributed by atoms with Crippen molar-refractivity contribution in [2.75, 3.05) is 15.8 Å². The molecule has 1 aromatic carbocycles. The summed E-state index contributed by atoms with van der Waals surface area (Å²) in [6.45, 7) is 1.57. The molecule has 114 valence electrons. The second-order valence-corrected chi connectivity index (χ2v) is 6.91. The van der Waals surface area contributed by atoms with Gasteiger partial charge in [0.05, 0.1) is 11.3 Å². The van der Waals surface area contributed by atoms with Gasteiger partial charge in [-0.2, -0.15) is 0 Å². The van der Waals surface area contributed by atoms with Gasteiger partial charge >= 0.3 is 0 Å². The van der Waals surface area contributed by atoms with Crippen LogP contribution in [0.3, 0.4) is 0 Å². The summed E-state index contributed by atoms with van der Waals surface area (Å²) in [7, 11) is -3.35. The van der Waals surface area contributed by atoms with Crippen LogP contribution in [-0.2, 0) is 14.8 Å². The summed E-state index contributed by atoms with van der Waals surface area (Å²) in [6, 6.07) is 8.67. The van der Waals surface area contributed by atoms with E-state index < -0.39 is 10.0 Å². The fourth-order valence-electron chi connectivity index (χ4n) is 2.24. The summed E-state index contributed by atoms with van der Waals surface area (Å²) in [6.07, 6.45) is 3.51. The maximum absolute atomic E-state index is 12.1. The van der Waals surface area contributed by atoms with Gasteiger partial charge in [0.2, 0.25) is 10.0 Å². The molecule has 2 heterocycles. The summed E-state index contributed by atoms with van der Waals surface area (Å²) >= 11 is 0. The predicted octanol–water partition coefficient (Wildman–Crippen LogP) is 2.27. The van der Waals surface area contributed by atoms with Gasteiger partial charge in [0.15, 0.2) is 0 Å². The van der Waals surface area contributed by atoms with E-state index in [1.165, 1.54) is 0 Å². The molecule has 1 amide bonds. The van der Waals surface area contributed by atoms with Gasteiger partial charge in [0, 0.05) is 28.8 Å². The number of aromatic nitrogens is 1. The number of hydrogen-bond acceptors (Lipinski definition) is 3. The Morgan fingerprint density at radius 2 is 2.09 bits per heavy atom. The Balaban J connectivity index is 2.01. The highest BCUT2D eigenvalue weighted by molar-refractivity contribution is 7.92. The third kappa shape index (κ3) is 2.75. The molecule has 3 rings (SSSR count). The molecule has 0 atom stereocenters. The highest BCUT2D eigenvalue weighted by Crippen LogP contribution is 2.35. The Kier molecular flexibility index (Phi) is 3.50. The molecule has 3 N–H and O–H groups in total. The lowest BCUT2D eigenvalue weighted by atomic mass is 10.1. The number of anilines is 2. The van der Waals surface area contributed by atoms with Crippen LogP contribution in [0.5, 0.6) is 0 Å². The molecule has 0 radical (unpaired) electrons. The van der Waals surface area contributed by atoms with E-state index in [1.54, 1.807) is 37.4 Å². The maximum Gasteiger partial charge on any atom is 0.256 e. The van der Waals surface area contributed by atoms with E-state index in [-0.39, 0.29) is 11.7 Å². The topological polar surface area (TPSA) is 91.1 Å². The van der Waals surface area contributed by atoms with Crippen LogP contribution in [0.2, 0.25) is 0 Å². The molecule has 0 spiro atoms. The summed E-state index contributed by atoms with van der Waals surface area (Å²) in [5.41, 5.74) is 3.08. The van der Waals surface area contributed by atoms with E-state index in [2.05, 4.69) is 15.0 Å². The van der Waals surface area contributed by atoms with E-state index in [4.69, 9.17) is 0 Å². The van der Waals surface area contributed by atoms with Gasteiger partial charge in [-0.3, -0.25) is 9.52 Å². The van der Waals surface area contributed by atoms with E-state index in [1.807, 2.05) is 12.1 Å². The number of fused-ring (bicyclic) bond motifs is 1. The van der Waals surface area contributed by atoms with Crippen molar-refractivity contribution in [3.63, 3.8) is 0 Å². The minimum absolute atomic E-state index is 0.00750. The highest BCUT2D eigenvalue weighted by Gasteiger charge is 2.24. The zero-order chi connectivity index (χ0) is 15.7. The highest BCUT2D eigenvalue weighted by atomic mass is 32.2. The van der Waals surface area contributed by atoms with Crippen LogP contribution in [0, 0.1) is 0 Å². The minimum Gasteiger partial charge on any atom is -0.362 e. The van der Waals surface area contributed by atoms with Crippen LogP contribution in [0.25, 0.3) is 11.6 Å². The molecule has 1 aliphatic rings. The first-order chi connectivity index (χ1) is 10.5. The summed E-state index contributed by atoms with van der Waals surface area (Å²) in [5.74, 6) is -0.216. The van der Waals surface area contributed by atoms with Gasteiger partial charge in [0.25, 0.3) is 5.91 Å². The summed E-state index contributed by atoms with van der Waals surface area (Å²) < 4.78 is 25.8. The van der Waals surface area contributed by atoms with Crippen molar-refractivity contribution in [3.8, 4) is 0 Å². The molecule has 0 saturated heterocycles. The van der Waals surface area contributed by atoms with Crippen molar-refractivity contribution >= 4 is 39.0 Å². The molecule has 1 aliphatic heterocycles. The van der Waals surface area contributed by atoms with Crippen LogP contribution in [-0.4, -0.2) is 25.1 Å². The summed E-state index contributed by atoms with van der Waals surface area (Å²) in [5, 5.41) is 2.77. The molecule has 0 fully saturated rings. The second kappa shape index (κ2) is 5.34. The molecule has 0 aliphatic carbocycles. The second-order valence-electron chi connectivity index (χ2n) is 4.90. The molecule has 2 aromatic rings. The standard InChI is InChI=1S/C15H15N3O3S/c1-2-22(20,21)18-11-5-6-14-12(9-11)13(15(19)17-14)8-10-4-3-7-16-10/h3-9,16,18H,2H2,1H3,(H,17,19)/b13-8-. The third-order valence-corrected chi connectivity index (χ3v) is 4.68. The van der Waals surface area contributed by atoms with E-state index in [0.717, 1.165) is 5.69 Å². The monoisotopic (exact) mass is 317 g/mol. The quantitative estimate of drug-likeness (QED) is 0.755. The Morgan fingerprint density at radius 3 is 2.77 bits per heavy atom. The van der Waals surface area contributed by atoms with Gasteiger partial charge in [-0.25, -0.2) is 8.42 Å². The van der Waals surface area contributed by atoms with Crippen molar-refractivity contribution in [2.24, 2.45) is 0 Å². The van der Waals surface area contributed by atoms with E-state index in [0.29, 0.717) is 22.5 Å². The lowest BCUT2D eigenvalue weighted by molar-refractivity contribution is -0.110. The van der Waals surface area contributed by atoms with Crippen LogP contribution in [0.1, 0.15) is 18.2 Å². The van der Waals surface area contributed by atoms with Crippen LogP contribution in [0.4, 0.5) is 11.4 Å². The molecule has 0 bridgehead atoms. The minimum atomic E-state index is -3.35. The number of carbonyl (C=O) groups is 1. The number of sulfonamides is 1. The number of amides is 1. The van der Waals surface area contributed by atoms with Crippen molar-refractivity contribution in [1.29, 1.82) is 0 Å². The largest absolute Gasteiger partial charge is 0.362 e. The van der Waals surface area contributed by atoms with Crippen molar-refractivity contribution in [3.05, 3.63) is 47.8 Å². The number of rotatable bonds is 4. The van der Waals surface area contributed by atoms with Crippen molar-refractivity contribution in [1.82, 2.24) is 4.98 Å². The van der Waals surface area contributed by atoms with Crippen LogP contribution in [0.15, 0.2) is 36.5 Å². The fourth-order valence-corrected chi connectivity index (χ4v) is 2.87. The molecule has 22 heavy (non-hydrogen) atoms. The van der Waals surface area contributed by atoms with Crippen LogP contribution < -0.4 is 10.0 Å². The average Bonchev–Trinajstić information content (AvgIpc) is 3.08. The Labute approximate surface area is 128 Å². The first-order valence-electron chi connectivity index (χ1n) is 6.80. The lowest BCUT2D eigenvalue weighted by Crippen LogP contribution is -2.14. The zero-order valence-corrected chi connectivity index (χ0v) is 12.7. The number of nitrogens with one attached hydrogen (secondary N) is 3. The predicted molar refractivity (Wildman–Crippen MR) is 86.8 cm³/mol. The molecular formula is C15H15N3O3S. The van der Waals surface area contributed by atoms with Crippen molar-refractivity contribution < 1.29 is 13.2 Å². The van der Waals surface area contributed by atoms with Gasteiger partial charge in [-0.05, 0) is 43.3 Å². The van der Waals surface area contributed by atoms with Crippen LogP contribution >= 0.6 is 0 Å². The molecule has 6 nitrogen and oxygen atoms in total. The average molecular weight is 317 g/mol. The molecule has 7 heteroatoms. The number of hydrogen-bond donors (Lipinski definition) is 3. The zero-order valence-electron chi connectivity index (χ0n) is 11.9. The smallest absolute Gasteiger partial charge is 0.256 e. The number of benzene rings is 1. The van der Waals surface area contributed by atoms with Gasteiger partial charge in [-0.1, -0.05) is 0 Å². The SMILES string of the molecule is CCS(=O)(=O)Nc1ccc2c(c1)/C(=C/c1ccc[nH]1)C(=O)N2. The number of H-pyrrole nitrogens is 1. The Morgan fingerprint density at radius 1 is 1.27 bits per heavy atom. The van der Waals surface area contributed by atoms with Gasteiger partial charge in [0.1, 0.15) is 0 Å². The molecular weight excluding hydrogens is 302 g/mol. The number of carbonyl (C=O) groups excluding carboxylic acids is 1. The Bertz CT molecular complexity index is 852. The van der Waals surface area contributed by atoms with Crippen molar-refractivity contribution in [2.45, 2.75) is 6.92 Å².